The van der Waals surface area contributed by atoms with Crippen LogP contribution in [0.2, 0.25) is 0 Å². The van der Waals surface area contributed by atoms with Crippen LogP contribution in [-0.2, 0) is 27.3 Å². The van der Waals surface area contributed by atoms with Gasteiger partial charge in [0, 0.05) is 5.69 Å². The third-order valence-electron chi connectivity index (χ3n) is 7.01. The largest absolute Gasteiger partial charge is 0.438 e. The van der Waals surface area contributed by atoms with E-state index in [0.717, 1.165) is 11.1 Å². The van der Waals surface area contributed by atoms with Crippen LogP contribution in [0, 0.1) is 5.82 Å². The van der Waals surface area contributed by atoms with Crippen LogP contribution >= 0.6 is 0 Å². The first kappa shape index (κ1) is 27.6. The van der Waals surface area contributed by atoms with E-state index in [4.69, 9.17) is 4.74 Å². The molecule has 41 heavy (non-hydrogen) atoms. The number of nitrogens with one attached hydrogen (secondary N) is 2. The van der Waals surface area contributed by atoms with E-state index in [0.29, 0.717) is 16.8 Å². The average molecular weight is 552 g/mol. The monoisotopic (exact) mass is 551 g/mol. The molecule has 1 saturated heterocycles. The molecular weight excluding hydrogens is 521 g/mol. The smallest absolute Gasteiger partial charge is 0.411 e. The fraction of sp³-hybridized carbons (Fsp3) is 0.182. The van der Waals surface area contributed by atoms with Crippen LogP contribution in [0.4, 0.5) is 14.9 Å². The highest BCUT2D eigenvalue weighted by Gasteiger charge is 2.47. The van der Waals surface area contributed by atoms with Gasteiger partial charge in [-0.05, 0) is 53.4 Å². The van der Waals surface area contributed by atoms with E-state index in [-0.39, 0.29) is 30.8 Å². The zero-order valence-corrected chi connectivity index (χ0v) is 22.5. The highest BCUT2D eigenvalue weighted by atomic mass is 19.1. The molecule has 7 nitrogen and oxygen atoms in total. The lowest BCUT2D eigenvalue weighted by molar-refractivity contribution is -0.127. The first-order valence-electron chi connectivity index (χ1n) is 13.4. The number of ether oxygens (including phenoxy) is 1. The fourth-order valence-electron chi connectivity index (χ4n) is 4.86. The molecular formula is C33H30FN3O4. The molecule has 1 aliphatic rings. The van der Waals surface area contributed by atoms with Crippen molar-refractivity contribution in [3.63, 3.8) is 0 Å². The Labute approximate surface area is 238 Å². The van der Waals surface area contributed by atoms with Crippen molar-refractivity contribution in [1.82, 2.24) is 10.2 Å². The van der Waals surface area contributed by atoms with Crippen molar-refractivity contribution >= 4 is 23.6 Å². The maximum absolute atomic E-state index is 13.7. The Hall–Kier alpha value is -4.98. The second kappa shape index (κ2) is 12.5. The van der Waals surface area contributed by atoms with Crippen LogP contribution in [-0.4, -0.2) is 28.8 Å². The first-order valence-corrected chi connectivity index (χ1v) is 13.4. The Morgan fingerprint density at radius 2 is 1.49 bits per heavy atom. The first-order chi connectivity index (χ1) is 19.9. The van der Waals surface area contributed by atoms with E-state index in [1.54, 1.807) is 36.4 Å². The van der Waals surface area contributed by atoms with Crippen LogP contribution in [0.5, 0.6) is 0 Å². The molecule has 0 spiro atoms. The lowest BCUT2D eigenvalue weighted by Crippen LogP contribution is -2.46. The van der Waals surface area contributed by atoms with Gasteiger partial charge in [0.2, 0.25) is 11.8 Å². The number of benzene rings is 4. The standard InChI is InChI=1S/C33H30FN3O4/c1-22(25-10-6-3-7-11-25)35-32(39)30-31(41-33(40)37(30)21-24-12-16-27(34)17-13-24)26-14-18-28(19-15-26)36-29(38)20-23-8-4-2-5-9-23/h2-19,22,30-31H,20-21H2,1H3,(H,35,39)(H,36,38)/t22-,30+,31+/m0/s1. The zero-order chi connectivity index (χ0) is 28.8. The van der Waals surface area contributed by atoms with Crippen molar-refractivity contribution in [2.75, 3.05) is 5.32 Å². The number of cyclic esters (lactones) is 1. The number of anilines is 1. The number of rotatable bonds is 9. The Morgan fingerprint density at radius 1 is 0.854 bits per heavy atom. The van der Waals surface area contributed by atoms with E-state index in [1.165, 1.54) is 17.0 Å². The highest BCUT2D eigenvalue weighted by Crippen LogP contribution is 2.35. The third-order valence-corrected chi connectivity index (χ3v) is 7.01. The number of halogens is 1. The Kier molecular flexibility index (Phi) is 8.39. The zero-order valence-electron chi connectivity index (χ0n) is 22.5. The normalized spacial score (nSPS) is 17.0. The number of amides is 3. The molecule has 0 unspecified atom stereocenters. The SMILES string of the molecule is C[C@H](NC(=O)[C@H]1[C@@H](c2ccc(NC(=O)Cc3ccccc3)cc2)OC(=O)N1Cc1ccc(F)cc1)c1ccccc1. The van der Waals surface area contributed by atoms with Gasteiger partial charge in [0.25, 0.3) is 0 Å². The van der Waals surface area contributed by atoms with Gasteiger partial charge in [0.15, 0.2) is 12.1 Å². The summed E-state index contributed by atoms with van der Waals surface area (Å²) < 4.78 is 19.2. The molecule has 3 atom stereocenters. The molecule has 0 aliphatic carbocycles. The van der Waals surface area contributed by atoms with Crippen LogP contribution in [0.15, 0.2) is 109 Å². The van der Waals surface area contributed by atoms with Gasteiger partial charge in [-0.25, -0.2) is 9.18 Å². The summed E-state index contributed by atoms with van der Waals surface area (Å²) in [6, 6.07) is 30.3. The van der Waals surface area contributed by atoms with Gasteiger partial charge in [-0.2, -0.15) is 0 Å². The third kappa shape index (κ3) is 6.78. The lowest BCUT2D eigenvalue weighted by Gasteiger charge is -2.26. The van der Waals surface area contributed by atoms with Crippen molar-refractivity contribution < 1.29 is 23.5 Å². The van der Waals surface area contributed by atoms with Crippen LogP contribution in [0.3, 0.4) is 0 Å². The van der Waals surface area contributed by atoms with Crippen molar-refractivity contribution in [3.05, 3.63) is 137 Å². The van der Waals surface area contributed by atoms with Gasteiger partial charge in [0.05, 0.1) is 19.0 Å². The predicted molar refractivity (Wildman–Crippen MR) is 153 cm³/mol. The number of hydrogen-bond donors (Lipinski definition) is 2. The predicted octanol–water partition coefficient (Wildman–Crippen LogP) is 5.95. The summed E-state index contributed by atoms with van der Waals surface area (Å²) in [4.78, 5) is 40.6. The minimum Gasteiger partial charge on any atom is -0.438 e. The average Bonchev–Trinajstić information content (AvgIpc) is 3.31. The van der Waals surface area contributed by atoms with Gasteiger partial charge in [-0.15, -0.1) is 0 Å². The molecule has 0 aromatic heterocycles. The molecule has 2 N–H and O–H groups in total. The lowest BCUT2D eigenvalue weighted by atomic mass is 9.99. The number of nitrogens with zero attached hydrogens (tertiary/aromatic N) is 1. The summed E-state index contributed by atoms with van der Waals surface area (Å²) >= 11 is 0. The van der Waals surface area contributed by atoms with Gasteiger partial charge in [-0.3, -0.25) is 14.5 Å². The molecule has 0 bridgehead atoms. The Bertz CT molecular complexity index is 1500. The Balaban J connectivity index is 1.35. The van der Waals surface area contributed by atoms with Gasteiger partial charge >= 0.3 is 6.09 Å². The van der Waals surface area contributed by atoms with Crippen LogP contribution < -0.4 is 10.6 Å². The molecule has 4 aromatic carbocycles. The molecule has 3 amide bonds. The van der Waals surface area contributed by atoms with Gasteiger partial charge in [0.1, 0.15) is 5.82 Å². The van der Waals surface area contributed by atoms with E-state index in [2.05, 4.69) is 10.6 Å². The van der Waals surface area contributed by atoms with E-state index < -0.39 is 24.1 Å². The second-order valence-corrected chi connectivity index (χ2v) is 9.98. The van der Waals surface area contributed by atoms with Crippen molar-refractivity contribution in [2.24, 2.45) is 0 Å². The van der Waals surface area contributed by atoms with Crippen molar-refractivity contribution in [1.29, 1.82) is 0 Å². The molecule has 8 heteroatoms. The minimum absolute atomic E-state index is 0.0705. The molecule has 1 aliphatic heterocycles. The number of carbonyl (C=O) groups excluding carboxylic acids is 3. The molecule has 1 fully saturated rings. The quantitative estimate of drug-likeness (QED) is 0.269. The van der Waals surface area contributed by atoms with Crippen molar-refractivity contribution in [3.8, 4) is 0 Å². The van der Waals surface area contributed by atoms with E-state index in [1.807, 2.05) is 67.6 Å². The summed E-state index contributed by atoms with van der Waals surface area (Å²) in [5, 5.41) is 5.89. The van der Waals surface area contributed by atoms with Gasteiger partial charge < -0.3 is 15.4 Å². The summed E-state index contributed by atoms with van der Waals surface area (Å²) in [6.07, 6.45) is -1.30. The second-order valence-electron chi connectivity index (χ2n) is 9.98. The minimum atomic E-state index is -0.975. The molecule has 1 heterocycles. The Morgan fingerprint density at radius 3 is 2.15 bits per heavy atom. The van der Waals surface area contributed by atoms with Crippen LogP contribution in [0.25, 0.3) is 0 Å². The summed E-state index contributed by atoms with van der Waals surface area (Å²) in [5.41, 5.74) is 3.67. The van der Waals surface area contributed by atoms with E-state index >= 15 is 0 Å². The topological polar surface area (TPSA) is 87.7 Å². The molecule has 5 rings (SSSR count). The number of hydrogen-bond acceptors (Lipinski definition) is 4. The van der Waals surface area contributed by atoms with Crippen molar-refractivity contribution in [2.45, 2.75) is 38.1 Å². The maximum Gasteiger partial charge on any atom is 0.411 e. The summed E-state index contributed by atoms with van der Waals surface area (Å²) in [5.74, 6) is -0.925. The van der Waals surface area contributed by atoms with Gasteiger partial charge in [-0.1, -0.05) is 84.9 Å². The number of carbonyl (C=O) groups is 3. The molecule has 0 saturated carbocycles. The highest BCUT2D eigenvalue weighted by molar-refractivity contribution is 5.92. The maximum atomic E-state index is 13.7. The fourth-order valence-corrected chi connectivity index (χ4v) is 4.86. The molecule has 208 valence electrons. The summed E-state index contributed by atoms with van der Waals surface area (Å²) in [6.45, 7) is 1.94. The molecule has 4 aromatic rings. The summed E-state index contributed by atoms with van der Waals surface area (Å²) in [7, 11) is 0. The molecule has 0 radical (unpaired) electrons. The van der Waals surface area contributed by atoms with E-state index in [9.17, 15) is 18.8 Å². The van der Waals surface area contributed by atoms with Crippen LogP contribution in [0.1, 0.15) is 41.3 Å².